The third-order valence-corrected chi connectivity index (χ3v) is 3.25. The average molecular weight is 260 g/mol. The van der Waals surface area contributed by atoms with Gasteiger partial charge in [-0.1, -0.05) is 0 Å². The lowest BCUT2D eigenvalue weighted by atomic mass is 10.1. The highest BCUT2D eigenvalue weighted by molar-refractivity contribution is 5.69. The Morgan fingerprint density at radius 2 is 2.11 bits per heavy atom. The van der Waals surface area contributed by atoms with E-state index in [0.29, 0.717) is 12.2 Å². The molecule has 1 aliphatic heterocycles. The molecule has 3 nitrogen and oxygen atoms in total. The lowest BCUT2D eigenvalue weighted by molar-refractivity contribution is -0.137. The second-order valence-electron chi connectivity index (χ2n) is 4.44. The summed E-state index contributed by atoms with van der Waals surface area (Å²) in [5, 5.41) is 9.21. The van der Waals surface area contributed by atoms with E-state index in [1.807, 2.05) is 4.90 Å². The predicted molar refractivity (Wildman–Crippen MR) is 63.3 cm³/mol. The Kier molecular flexibility index (Phi) is 3.38. The summed E-state index contributed by atoms with van der Waals surface area (Å²) in [6.07, 6.45) is -2.64. The zero-order valence-electron chi connectivity index (χ0n) is 9.74. The first kappa shape index (κ1) is 13.0. The van der Waals surface area contributed by atoms with Gasteiger partial charge in [0.05, 0.1) is 29.6 Å². The molecular formula is C12H15F3N2O. The molecule has 1 saturated heterocycles. The second-order valence-corrected chi connectivity index (χ2v) is 4.44. The van der Waals surface area contributed by atoms with E-state index < -0.39 is 11.7 Å². The van der Waals surface area contributed by atoms with Crippen LogP contribution in [-0.4, -0.2) is 24.3 Å². The highest BCUT2D eigenvalue weighted by atomic mass is 19.4. The molecular weight excluding hydrogens is 245 g/mol. The number of benzene rings is 1. The van der Waals surface area contributed by atoms with Crippen LogP contribution in [0.1, 0.15) is 18.4 Å². The molecule has 0 bridgehead atoms. The molecule has 100 valence electrons. The number of anilines is 2. The van der Waals surface area contributed by atoms with Crippen LogP contribution in [0.25, 0.3) is 0 Å². The number of aliphatic hydroxyl groups excluding tert-OH is 1. The van der Waals surface area contributed by atoms with Crippen LogP contribution in [0, 0.1) is 0 Å². The van der Waals surface area contributed by atoms with E-state index in [0.717, 1.165) is 25.0 Å². The minimum atomic E-state index is -4.38. The van der Waals surface area contributed by atoms with Crippen LogP contribution < -0.4 is 10.6 Å². The maximum absolute atomic E-state index is 12.5. The fourth-order valence-corrected chi connectivity index (χ4v) is 2.34. The van der Waals surface area contributed by atoms with Gasteiger partial charge < -0.3 is 15.7 Å². The van der Waals surface area contributed by atoms with Gasteiger partial charge in [0, 0.05) is 6.54 Å². The number of hydrogen-bond acceptors (Lipinski definition) is 3. The smallest absolute Gasteiger partial charge is 0.397 e. The zero-order valence-corrected chi connectivity index (χ0v) is 9.74. The molecule has 0 aromatic heterocycles. The molecule has 0 radical (unpaired) electrons. The summed E-state index contributed by atoms with van der Waals surface area (Å²) < 4.78 is 37.5. The lowest BCUT2D eigenvalue weighted by Crippen LogP contribution is -2.32. The number of aliphatic hydroxyl groups is 1. The minimum absolute atomic E-state index is 0.0134. The molecule has 18 heavy (non-hydrogen) atoms. The third-order valence-electron chi connectivity index (χ3n) is 3.25. The van der Waals surface area contributed by atoms with Crippen molar-refractivity contribution < 1.29 is 18.3 Å². The first-order valence-corrected chi connectivity index (χ1v) is 5.77. The van der Waals surface area contributed by atoms with Crippen LogP contribution in [0.2, 0.25) is 0 Å². The quantitative estimate of drug-likeness (QED) is 0.802. The van der Waals surface area contributed by atoms with E-state index in [-0.39, 0.29) is 18.3 Å². The standard InChI is InChI=1S/C12H15F3N2O/c13-12(14,15)8-3-4-11(10(16)6-8)17-5-1-2-9(17)7-18/h3-4,6,9,18H,1-2,5,7,16H2. The Balaban J connectivity index is 2.30. The van der Waals surface area contributed by atoms with Crippen LogP contribution >= 0.6 is 0 Å². The van der Waals surface area contributed by atoms with Crippen molar-refractivity contribution in [3.63, 3.8) is 0 Å². The molecule has 1 aliphatic rings. The summed E-state index contributed by atoms with van der Waals surface area (Å²) in [6, 6.07) is 3.30. The zero-order chi connectivity index (χ0) is 13.3. The van der Waals surface area contributed by atoms with Crippen molar-refractivity contribution in [1.82, 2.24) is 0 Å². The van der Waals surface area contributed by atoms with Crippen LogP contribution in [0.5, 0.6) is 0 Å². The molecule has 6 heteroatoms. The van der Waals surface area contributed by atoms with Gasteiger partial charge in [0.2, 0.25) is 0 Å². The van der Waals surface area contributed by atoms with Crippen molar-refractivity contribution in [2.24, 2.45) is 0 Å². The van der Waals surface area contributed by atoms with E-state index in [4.69, 9.17) is 5.73 Å². The molecule has 1 aromatic rings. The van der Waals surface area contributed by atoms with Gasteiger partial charge in [0.25, 0.3) is 0 Å². The molecule has 1 heterocycles. The molecule has 3 N–H and O–H groups in total. The van der Waals surface area contributed by atoms with Gasteiger partial charge in [-0.3, -0.25) is 0 Å². The Morgan fingerprint density at radius 1 is 1.39 bits per heavy atom. The topological polar surface area (TPSA) is 49.5 Å². The average Bonchev–Trinajstić information content (AvgIpc) is 2.75. The van der Waals surface area contributed by atoms with E-state index in [9.17, 15) is 18.3 Å². The maximum Gasteiger partial charge on any atom is 0.416 e. The molecule has 1 aromatic carbocycles. The van der Waals surface area contributed by atoms with E-state index in [2.05, 4.69) is 0 Å². The van der Waals surface area contributed by atoms with Gasteiger partial charge in [-0.15, -0.1) is 0 Å². The van der Waals surface area contributed by atoms with Crippen LogP contribution in [0.15, 0.2) is 18.2 Å². The number of nitrogen functional groups attached to an aromatic ring is 1. The molecule has 2 rings (SSSR count). The van der Waals surface area contributed by atoms with Crippen molar-refractivity contribution in [2.75, 3.05) is 23.8 Å². The predicted octanol–water partition coefficient (Wildman–Crippen LogP) is 2.25. The van der Waals surface area contributed by atoms with Crippen molar-refractivity contribution in [3.8, 4) is 0 Å². The summed E-state index contributed by atoms with van der Waals surface area (Å²) >= 11 is 0. The van der Waals surface area contributed by atoms with Crippen LogP contribution in [0.4, 0.5) is 24.5 Å². The summed E-state index contributed by atoms with van der Waals surface area (Å²) in [5.74, 6) is 0. The van der Waals surface area contributed by atoms with Gasteiger partial charge in [-0.05, 0) is 31.0 Å². The first-order chi connectivity index (χ1) is 8.43. The second kappa shape index (κ2) is 4.68. The minimum Gasteiger partial charge on any atom is -0.397 e. The largest absolute Gasteiger partial charge is 0.416 e. The van der Waals surface area contributed by atoms with Gasteiger partial charge in [-0.25, -0.2) is 0 Å². The summed E-state index contributed by atoms with van der Waals surface area (Å²) in [5.41, 5.74) is 5.62. The van der Waals surface area contributed by atoms with Gasteiger partial charge in [0.15, 0.2) is 0 Å². The number of nitrogens with two attached hydrogens (primary N) is 1. The van der Waals surface area contributed by atoms with Crippen molar-refractivity contribution >= 4 is 11.4 Å². The van der Waals surface area contributed by atoms with Gasteiger partial charge in [0.1, 0.15) is 0 Å². The van der Waals surface area contributed by atoms with Crippen molar-refractivity contribution in [3.05, 3.63) is 23.8 Å². The summed E-state index contributed by atoms with van der Waals surface area (Å²) in [4.78, 5) is 1.87. The van der Waals surface area contributed by atoms with Crippen LogP contribution in [-0.2, 0) is 6.18 Å². The fraction of sp³-hybridized carbons (Fsp3) is 0.500. The van der Waals surface area contributed by atoms with Crippen LogP contribution in [0.3, 0.4) is 0 Å². The number of rotatable bonds is 2. The number of nitrogens with zero attached hydrogens (tertiary/aromatic N) is 1. The fourth-order valence-electron chi connectivity index (χ4n) is 2.34. The van der Waals surface area contributed by atoms with E-state index >= 15 is 0 Å². The Bertz CT molecular complexity index is 434. The lowest BCUT2D eigenvalue weighted by Gasteiger charge is -2.27. The normalized spacial score (nSPS) is 20.4. The highest BCUT2D eigenvalue weighted by Crippen LogP contribution is 2.36. The van der Waals surface area contributed by atoms with E-state index in [1.165, 1.54) is 6.07 Å². The maximum atomic E-state index is 12.5. The third kappa shape index (κ3) is 2.38. The summed E-state index contributed by atoms with van der Waals surface area (Å²) in [6.45, 7) is 0.696. The molecule has 1 atom stereocenters. The Hall–Kier alpha value is -1.43. The molecule has 0 spiro atoms. The molecule has 0 aliphatic carbocycles. The molecule has 1 fully saturated rings. The van der Waals surface area contributed by atoms with Gasteiger partial charge >= 0.3 is 6.18 Å². The number of halogens is 3. The van der Waals surface area contributed by atoms with Gasteiger partial charge in [-0.2, -0.15) is 13.2 Å². The molecule has 0 saturated carbocycles. The Labute approximate surface area is 103 Å². The Morgan fingerprint density at radius 3 is 2.67 bits per heavy atom. The number of hydrogen-bond donors (Lipinski definition) is 2. The SMILES string of the molecule is Nc1cc(C(F)(F)F)ccc1N1CCCC1CO. The highest BCUT2D eigenvalue weighted by Gasteiger charge is 2.32. The summed E-state index contributed by atoms with van der Waals surface area (Å²) in [7, 11) is 0. The van der Waals surface area contributed by atoms with E-state index in [1.54, 1.807) is 0 Å². The van der Waals surface area contributed by atoms with Crippen molar-refractivity contribution in [1.29, 1.82) is 0 Å². The molecule has 1 unspecified atom stereocenters. The molecule has 0 amide bonds. The first-order valence-electron chi connectivity index (χ1n) is 5.77. The number of alkyl halides is 3. The monoisotopic (exact) mass is 260 g/mol. The van der Waals surface area contributed by atoms with Crippen molar-refractivity contribution in [2.45, 2.75) is 25.1 Å².